The van der Waals surface area contributed by atoms with E-state index in [4.69, 9.17) is 11.6 Å². The summed E-state index contributed by atoms with van der Waals surface area (Å²) >= 11 is 5.96. The van der Waals surface area contributed by atoms with Gasteiger partial charge in [-0.1, -0.05) is 54.1 Å². The van der Waals surface area contributed by atoms with Crippen molar-refractivity contribution in [3.63, 3.8) is 0 Å². The fourth-order valence-electron chi connectivity index (χ4n) is 2.51. The molecule has 4 amide bonds. The minimum Gasteiger partial charge on any atom is -0.292 e. The fraction of sp³-hybridized carbons (Fsp3) is 0.111. The molecule has 3 rings (SSSR count). The van der Waals surface area contributed by atoms with Crippen molar-refractivity contribution in [2.75, 3.05) is 6.54 Å². The second-order valence-corrected chi connectivity index (χ2v) is 5.86. The van der Waals surface area contributed by atoms with Crippen LogP contribution in [0.4, 0.5) is 4.79 Å². The zero-order valence-corrected chi connectivity index (χ0v) is 13.8. The van der Waals surface area contributed by atoms with Gasteiger partial charge in [-0.25, -0.2) is 9.69 Å². The monoisotopic (exact) mass is 356 g/mol. The number of benzene rings is 2. The highest BCUT2D eigenvalue weighted by Crippen LogP contribution is 2.19. The number of nitrogens with zero attached hydrogens (tertiary/aromatic N) is 2. The first-order valence-electron chi connectivity index (χ1n) is 7.48. The molecule has 0 aliphatic carbocycles. The number of hydrogen-bond acceptors (Lipinski definition) is 4. The molecule has 7 heteroatoms. The summed E-state index contributed by atoms with van der Waals surface area (Å²) in [5.41, 5.74) is 0.898. The Labute approximate surface area is 148 Å². The van der Waals surface area contributed by atoms with E-state index in [1.807, 2.05) is 0 Å². The van der Waals surface area contributed by atoms with Gasteiger partial charge in [0.1, 0.15) is 0 Å². The standard InChI is InChI=1S/C18H13ClN2O4/c19-14-9-5-4-8-13(14)15(22)11-21-17(24)16(23)20(18(21)25)10-12-6-2-1-3-7-12/h1-9H,10-11H2. The number of carbonyl (C=O) groups is 4. The number of amides is 4. The molecule has 126 valence electrons. The van der Waals surface area contributed by atoms with Gasteiger partial charge < -0.3 is 0 Å². The number of ketones is 1. The number of Topliss-reactive ketones (excluding diaryl/α,β-unsaturated/α-hetero) is 1. The van der Waals surface area contributed by atoms with Gasteiger partial charge >= 0.3 is 17.8 Å². The lowest BCUT2D eigenvalue weighted by Gasteiger charge is -2.15. The Hall–Kier alpha value is -2.99. The van der Waals surface area contributed by atoms with Crippen LogP contribution in [0.1, 0.15) is 15.9 Å². The molecule has 6 nitrogen and oxygen atoms in total. The van der Waals surface area contributed by atoms with Crippen molar-refractivity contribution in [3.05, 3.63) is 70.7 Å². The Morgan fingerprint density at radius 1 is 0.840 bits per heavy atom. The van der Waals surface area contributed by atoms with Gasteiger partial charge in [0.2, 0.25) is 0 Å². The smallest absolute Gasteiger partial charge is 0.292 e. The van der Waals surface area contributed by atoms with Gasteiger partial charge in [-0.2, -0.15) is 0 Å². The van der Waals surface area contributed by atoms with Crippen LogP contribution in [0.15, 0.2) is 54.6 Å². The Morgan fingerprint density at radius 3 is 2.12 bits per heavy atom. The molecule has 0 saturated carbocycles. The highest BCUT2D eigenvalue weighted by molar-refractivity contribution is 6.45. The van der Waals surface area contributed by atoms with Crippen LogP contribution in [0.2, 0.25) is 5.02 Å². The lowest BCUT2D eigenvalue weighted by molar-refractivity contribution is -0.143. The van der Waals surface area contributed by atoms with Crippen LogP contribution >= 0.6 is 11.6 Å². The van der Waals surface area contributed by atoms with E-state index in [2.05, 4.69) is 0 Å². The summed E-state index contributed by atoms with van der Waals surface area (Å²) in [5.74, 6) is -2.47. The summed E-state index contributed by atoms with van der Waals surface area (Å²) in [7, 11) is 0. The molecule has 0 atom stereocenters. The zero-order valence-electron chi connectivity index (χ0n) is 13.0. The van der Waals surface area contributed by atoms with E-state index >= 15 is 0 Å². The second kappa shape index (κ2) is 6.86. The van der Waals surface area contributed by atoms with Gasteiger partial charge in [-0.3, -0.25) is 19.3 Å². The Balaban J connectivity index is 1.78. The molecular weight excluding hydrogens is 344 g/mol. The molecule has 1 saturated heterocycles. The number of rotatable bonds is 5. The molecule has 0 radical (unpaired) electrons. The minimum atomic E-state index is -1.01. The van der Waals surface area contributed by atoms with Crippen LogP contribution < -0.4 is 0 Å². The molecule has 0 N–H and O–H groups in total. The summed E-state index contributed by atoms with van der Waals surface area (Å²) < 4.78 is 0. The van der Waals surface area contributed by atoms with Crippen molar-refractivity contribution >= 4 is 35.2 Å². The Morgan fingerprint density at radius 2 is 1.44 bits per heavy atom. The molecule has 0 unspecified atom stereocenters. The number of carbonyl (C=O) groups excluding carboxylic acids is 4. The first-order valence-corrected chi connectivity index (χ1v) is 7.86. The summed E-state index contributed by atoms with van der Waals surface area (Å²) in [6.07, 6.45) is 0. The number of imide groups is 2. The average Bonchev–Trinajstić information content (AvgIpc) is 2.81. The normalized spacial score (nSPS) is 14.4. The Bertz CT molecular complexity index is 866. The van der Waals surface area contributed by atoms with Crippen molar-refractivity contribution in [3.8, 4) is 0 Å². The predicted molar refractivity (Wildman–Crippen MR) is 89.9 cm³/mol. The molecule has 2 aromatic carbocycles. The average molecular weight is 357 g/mol. The summed E-state index contributed by atoms with van der Waals surface area (Å²) in [5, 5.41) is 0.221. The topological polar surface area (TPSA) is 74.8 Å². The number of halogens is 1. The van der Waals surface area contributed by atoms with E-state index < -0.39 is 30.2 Å². The van der Waals surface area contributed by atoms with E-state index in [-0.39, 0.29) is 17.1 Å². The number of hydrogen-bond donors (Lipinski definition) is 0. The van der Waals surface area contributed by atoms with Crippen molar-refractivity contribution in [1.82, 2.24) is 9.80 Å². The Kier molecular flexibility index (Phi) is 4.63. The zero-order chi connectivity index (χ0) is 18.0. The van der Waals surface area contributed by atoms with Crippen LogP contribution in [0, 0.1) is 0 Å². The van der Waals surface area contributed by atoms with Crippen LogP contribution in [0.3, 0.4) is 0 Å². The molecular formula is C18H13ClN2O4. The van der Waals surface area contributed by atoms with E-state index in [0.29, 0.717) is 10.5 Å². The molecule has 1 fully saturated rings. The van der Waals surface area contributed by atoms with E-state index in [0.717, 1.165) is 4.90 Å². The van der Waals surface area contributed by atoms with Crippen molar-refractivity contribution in [2.24, 2.45) is 0 Å². The highest BCUT2D eigenvalue weighted by Gasteiger charge is 2.45. The third-order valence-corrected chi connectivity index (χ3v) is 4.12. The van der Waals surface area contributed by atoms with Gasteiger partial charge in [0.05, 0.1) is 18.1 Å². The van der Waals surface area contributed by atoms with Crippen LogP contribution in [-0.4, -0.2) is 40.0 Å². The van der Waals surface area contributed by atoms with Crippen LogP contribution in [0.5, 0.6) is 0 Å². The van der Waals surface area contributed by atoms with Crippen molar-refractivity contribution < 1.29 is 19.2 Å². The van der Waals surface area contributed by atoms with Gasteiger partial charge in [-0.05, 0) is 17.7 Å². The maximum absolute atomic E-state index is 12.4. The SMILES string of the molecule is O=C(CN1C(=O)C(=O)N(Cc2ccccc2)C1=O)c1ccccc1Cl. The summed E-state index contributed by atoms with van der Waals surface area (Å²) in [4.78, 5) is 50.4. The maximum Gasteiger partial charge on any atom is 0.334 e. The third-order valence-electron chi connectivity index (χ3n) is 3.79. The van der Waals surface area contributed by atoms with E-state index in [1.165, 1.54) is 12.1 Å². The lowest BCUT2D eigenvalue weighted by atomic mass is 10.1. The second-order valence-electron chi connectivity index (χ2n) is 5.45. The molecule has 0 aromatic heterocycles. The molecule has 0 bridgehead atoms. The highest BCUT2D eigenvalue weighted by atomic mass is 35.5. The van der Waals surface area contributed by atoms with Gasteiger partial charge in [0, 0.05) is 5.56 Å². The third kappa shape index (κ3) is 3.29. The van der Waals surface area contributed by atoms with E-state index in [9.17, 15) is 19.2 Å². The van der Waals surface area contributed by atoms with Gasteiger partial charge in [-0.15, -0.1) is 0 Å². The molecule has 1 heterocycles. The summed E-state index contributed by atoms with van der Waals surface area (Å²) in [6, 6.07) is 14.3. The summed E-state index contributed by atoms with van der Waals surface area (Å²) in [6.45, 7) is -0.556. The van der Waals surface area contributed by atoms with Crippen LogP contribution in [-0.2, 0) is 16.1 Å². The quantitative estimate of drug-likeness (QED) is 0.468. The largest absolute Gasteiger partial charge is 0.334 e. The fourth-order valence-corrected chi connectivity index (χ4v) is 2.75. The molecule has 1 aliphatic rings. The molecule has 2 aromatic rings. The minimum absolute atomic E-state index is 0.0268. The lowest BCUT2D eigenvalue weighted by Crippen LogP contribution is -2.36. The molecule has 1 aliphatic heterocycles. The van der Waals surface area contributed by atoms with Crippen LogP contribution in [0.25, 0.3) is 0 Å². The van der Waals surface area contributed by atoms with Crippen molar-refractivity contribution in [2.45, 2.75) is 6.54 Å². The molecule has 25 heavy (non-hydrogen) atoms. The first kappa shape index (κ1) is 16.9. The van der Waals surface area contributed by atoms with Gasteiger partial charge in [0.25, 0.3) is 0 Å². The maximum atomic E-state index is 12.4. The number of urea groups is 1. The molecule has 0 spiro atoms. The first-order chi connectivity index (χ1) is 12.0. The predicted octanol–water partition coefficient (Wildman–Crippen LogP) is 2.51. The van der Waals surface area contributed by atoms with Crippen molar-refractivity contribution in [1.29, 1.82) is 0 Å². The van der Waals surface area contributed by atoms with E-state index in [1.54, 1.807) is 42.5 Å². The van der Waals surface area contributed by atoms with Gasteiger partial charge in [0.15, 0.2) is 5.78 Å².